The summed E-state index contributed by atoms with van der Waals surface area (Å²) in [6.45, 7) is 3.74. The van der Waals surface area contributed by atoms with E-state index in [4.69, 9.17) is 9.47 Å². The molecule has 0 unspecified atom stereocenters. The fourth-order valence-electron chi connectivity index (χ4n) is 3.37. The van der Waals surface area contributed by atoms with Gasteiger partial charge in [0.2, 0.25) is 0 Å². The Morgan fingerprint density at radius 3 is 2.28 bits per heavy atom. The van der Waals surface area contributed by atoms with Crippen molar-refractivity contribution >= 4 is 21.6 Å². The number of anilines is 1. The fourth-order valence-corrected chi connectivity index (χ4v) is 4.45. The standard InChI is InChI=1S/C24H24N2O5S/c1-18-7-12-22(17-23(18)24(27)26-13-15-30-16-14-26)32(28,29)25-19-8-10-21(11-9-19)31-20-5-3-2-4-6-20/h2-12,17,25H,13-16H2,1H3. The number of nitrogens with zero attached hydrogens (tertiary/aromatic N) is 1. The first-order valence-electron chi connectivity index (χ1n) is 10.3. The van der Waals surface area contributed by atoms with Crippen molar-refractivity contribution in [3.05, 3.63) is 83.9 Å². The highest BCUT2D eigenvalue weighted by molar-refractivity contribution is 7.92. The Balaban J connectivity index is 1.50. The Morgan fingerprint density at radius 2 is 1.59 bits per heavy atom. The summed E-state index contributed by atoms with van der Waals surface area (Å²) in [5, 5.41) is 0. The van der Waals surface area contributed by atoms with E-state index >= 15 is 0 Å². The number of rotatable bonds is 6. The highest BCUT2D eigenvalue weighted by Gasteiger charge is 2.23. The molecule has 1 N–H and O–H groups in total. The number of morpholine rings is 1. The van der Waals surface area contributed by atoms with Crippen LogP contribution in [0.3, 0.4) is 0 Å². The van der Waals surface area contributed by atoms with Gasteiger partial charge in [0.15, 0.2) is 0 Å². The molecule has 0 radical (unpaired) electrons. The minimum absolute atomic E-state index is 0.0318. The van der Waals surface area contributed by atoms with Gasteiger partial charge in [-0.3, -0.25) is 9.52 Å². The van der Waals surface area contributed by atoms with Gasteiger partial charge in [0.1, 0.15) is 11.5 Å². The van der Waals surface area contributed by atoms with Crippen LogP contribution in [0, 0.1) is 6.92 Å². The number of amides is 1. The Hall–Kier alpha value is -3.36. The third-order valence-electron chi connectivity index (χ3n) is 5.13. The summed E-state index contributed by atoms with van der Waals surface area (Å²) < 4.78 is 39.5. The molecule has 7 nitrogen and oxygen atoms in total. The zero-order valence-corrected chi connectivity index (χ0v) is 18.5. The van der Waals surface area contributed by atoms with Crippen molar-refractivity contribution in [2.75, 3.05) is 31.0 Å². The first-order valence-corrected chi connectivity index (χ1v) is 11.7. The number of para-hydroxylation sites is 1. The summed E-state index contributed by atoms with van der Waals surface area (Å²) in [4.78, 5) is 14.6. The van der Waals surface area contributed by atoms with Crippen LogP contribution in [0.2, 0.25) is 0 Å². The molecule has 0 spiro atoms. The second-order valence-electron chi connectivity index (χ2n) is 7.43. The van der Waals surface area contributed by atoms with Crippen LogP contribution in [0.15, 0.2) is 77.7 Å². The van der Waals surface area contributed by atoms with Gasteiger partial charge in [-0.1, -0.05) is 24.3 Å². The van der Waals surface area contributed by atoms with E-state index in [-0.39, 0.29) is 10.8 Å². The van der Waals surface area contributed by atoms with Gasteiger partial charge in [-0.05, 0) is 61.0 Å². The maximum absolute atomic E-state index is 13.0. The van der Waals surface area contributed by atoms with Crippen molar-refractivity contribution in [2.45, 2.75) is 11.8 Å². The van der Waals surface area contributed by atoms with E-state index in [0.29, 0.717) is 49.1 Å². The summed E-state index contributed by atoms with van der Waals surface area (Å²) in [6, 6.07) is 20.5. The van der Waals surface area contributed by atoms with E-state index in [0.717, 1.165) is 5.56 Å². The highest BCUT2D eigenvalue weighted by atomic mass is 32.2. The first-order chi connectivity index (χ1) is 15.4. The molecule has 166 valence electrons. The number of hydrogen-bond acceptors (Lipinski definition) is 5. The molecule has 8 heteroatoms. The largest absolute Gasteiger partial charge is 0.457 e. The molecule has 0 aromatic heterocycles. The monoisotopic (exact) mass is 452 g/mol. The van der Waals surface area contributed by atoms with Crippen LogP contribution in [0.5, 0.6) is 11.5 Å². The normalized spacial score (nSPS) is 14.1. The van der Waals surface area contributed by atoms with E-state index in [2.05, 4.69) is 4.72 Å². The van der Waals surface area contributed by atoms with Gasteiger partial charge in [-0.15, -0.1) is 0 Å². The number of carbonyl (C=O) groups is 1. The lowest BCUT2D eigenvalue weighted by Gasteiger charge is -2.27. The second-order valence-corrected chi connectivity index (χ2v) is 9.11. The van der Waals surface area contributed by atoms with Crippen molar-refractivity contribution in [3.8, 4) is 11.5 Å². The maximum atomic E-state index is 13.0. The lowest BCUT2D eigenvalue weighted by Crippen LogP contribution is -2.41. The molecule has 3 aromatic rings. The van der Waals surface area contributed by atoms with Gasteiger partial charge in [0.25, 0.3) is 15.9 Å². The number of nitrogens with one attached hydrogen (secondary N) is 1. The maximum Gasteiger partial charge on any atom is 0.261 e. The SMILES string of the molecule is Cc1ccc(S(=O)(=O)Nc2ccc(Oc3ccccc3)cc2)cc1C(=O)N1CCOCC1. The summed E-state index contributed by atoms with van der Waals surface area (Å²) in [5.41, 5.74) is 1.50. The van der Waals surface area contributed by atoms with Crippen LogP contribution in [0.4, 0.5) is 5.69 Å². The fraction of sp³-hybridized carbons (Fsp3) is 0.208. The Kier molecular flexibility index (Phi) is 6.43. The quantitative estimate of drug-likeness (QED) is 0.610. The predicted octanol–water partition coefficient (Wildman–Crippen LogP) is 4.06. The minimum Gasteiger partial charge on any atom is -0.457 e. The Bertz CT molecular complexity index is 1190. The average molecular weight is 453 g/mol. The van der Waals surface area contributed by atoms with Crippen LogP contribution in [0.1, 0.15) is 15.9 Å². The molecule has 32 heavy (non-hydrogen) atoms. The minimum atomic E-state index is -3.87. The summed E-state index contributed by atoms with van der Waals surface area (Å²) in [6.07, 6.45) is 0. The van der Waals surface area contributed by atoms with Crippen molar-refractivity contribution in [1.29, 1.82) is 0 Å². The average Bonchev–Trinajstić information content (AvgIpc) is 2.81. The molecule has 1 fully saturated rings. The zero-order valence-electron chi connectivity index (χ0n) is 17.7. The van der Waals surface area contributed by atoms with Gasteiger partial charge in [0, 0.05) is 24.3 Å². The van der Waals surface area contributed by atoms with Crippen LogP contribution in [-0.4, -0.2) is 45.5 Å². The molecule has 3 aromatic carbocycles. The second kappa shape index (κ2) is 9.42. The van der Waals surface area contributed by atoms with E-state index in [9.17, 15) is 13.2 Å². The van der Waals surface area contributed by atoms with Crippen molar-refractivity contribution in [3.63, 3.8) is 0 Å². The topological polar surface area (TPSA) is 84.9 Å². The molecule has 0 atom stereocenters. The van der Waals surface area contributed by atoms with Crippen molar-refractivity contribution in [1.82, 2.24) is 4.90 Å². The van der Waals surface area contributed by atoms with Crippen molar-refractivity contribution < 1.29 is 22.7 Å². The third kappa shape index (κ3) is 5.09. The van der Waals surface area contributed by atoms with Crippen LogP contribution < -0.4 is 9.46 Å². The highest BCUT2D eigenvalue weighted by Crippen LogP contribution is 2.25. The Morgan fingerprint density at radius 1 is 0.938 bits per heavy atom. The van der Waals surface area contributed by atoms with Crippen molar-refractivity contribution in [2.24, 2.45) is 0 Å². The van der Waals surface area contributed by atoms with Crippen LogP contribution in [-0.2, 0) is 14.8 Å². The summed E-state index contributed by atoms with van der Waals surface area (Å²) in [7, 11) is -3.87. The number of aryl methyl sites for hydroxylation is 1. The third-order valence-corrected chi connectivity index (χ3v) is 6.51. The van der Waals surface area contributed by atoms with Gasteiger partial charge in [-0.2, -0.15) is 0 Å². The zero-order chi connectivity index (χ0) is 22.6. The molecule has 1 heterocycles. The molecule has 1 saturated heterocycles. The molecule has 0 aliphatic carbocycles. The molecule has 1 aliphatic heterocycles. The van der Waals surface area contributed by atoms with Gasteiger partial charge in [0.05, 0.1) is 18.1 Å². The molecular formula is C24H24N2O5S. The van der Waals surface area contributed by atoms with Crippen LogP contribution in [0.25, 0.3) is 0 Å². The van der Waals surface area contributed by atoms with E-state index in [1.54, 1.807) is 42.2 Å². The van der Waals surface area contributed by atoms with Gasteiger partial charge in [-0.25, -0.2) is 8.42 Å². The first kappa shape index (κ1) is 21.9. The summed E-state index contributed by atoms with van der Waals surface area (Å²) >= 11 is 0. The van der Waals surface area contributed by atoms with E-state index in [1.165, 1.54) is 12.1 Å². The number of sulfonamides is 1. The number of hydrogen-bond donors (Lipinski definition) is 1. The van der Waals surface area contributed by atoms with Gasteiger partial charge < -0.3 is 14.4 Å². The summed E-state index contributed by atoms with van der Waals surface area (Å²) in [5.74, 6) is 1.09. The molecule has 4 rings (SSSR count). The number of ether oxygens (including phenoxy) is 2. The van der Waals surface area contributed by atoms with Gasteiger partial charge >= 0.3 is 0 Å². The predicted molar refractivity (Wildman–Crippen MR) is 122 cm³/mol. The lowest BCUT2D eigenvalue weighted by atomic mass is 10.1. The molecule has 1 aliphatic rings. The van der Waals surface area contributed by atoms with E-state index < -0.39 is 10.0 Å². The molecule has 1 amide bonds. The molecular weight excluding hydrogens is 428 g/mol. The van der Waals surface area contributed by atoms with E-state index in [1.807, 2.05) is 30.3 Å². The molecule has 0 saturated carbocycles. The number of benzene rings is 3. The Labute approximate surface area is 187 Å². The number of carbonyl (C=O) groups excluding carboxylic acids is 1. The molecule has 0 bridgehead atoms. The lowest BCUT2D eigenvalue weighted by molar-refractivity contribution is 0.0302. The smallest absolute Gasteiger partial charge is 0.261 e. The van der Waals surface area contributed by atoms with Crippen LogP contribution >= 0.6 is 0 Å².